The molecule has 2 aromatic carbocycles. The lowest BCUT2D eigenvalue weighted by atomic mass is 10.1. The number of thiazole rings is 1. The van der Waals surface area contributed by atoms with E-state index in [1.165, 1.54) is 37.3 Å². The number of rotatable bonds is 9. The lowest BCUT2D eigenvalue weighted by Crippen LogP contribution is -2.38. The van der Waals surface area contributed by atoms with Crippen molar-refractivity contribution in [3.8, 4) is 26.8 Å². The first-order valence-electron chi connectivity index (χ1n) is 11.8. The summed E-state index contributed by atoms with van der Waals surface area (Å²) >= 11 is 1.40. The molecule has 0 atom stereocenters. The quantitative estimate of drug-likeness (QED) is 0.231. The molecular weight excluding hydrogens is 517 g/mol. The van der Waals surface area contributed by atoms with Crippen molar-refractivity contribution in [3.05, 3.63) is 82.9 Å². The molecule has 0 fully saturated rings. The summed E-state index contributed by atoms with van der Waals surface area (Å²) in [5.41, 5.74) is 2.06. The molecule has 38 heavy (non-hydrogen) atoms. The van der Waals surface area contributed by atoms with Crippen molar-refractivity contribution in [2.24, 2.45) is 0 Å². The molecule has 0 saturated carbocycles. The van der Waals surface area contributed by atoms with Gasteiger partial charge in [-0.25, -0.2) is 9.78 Å². The Bertz CT molecular complexity index is 1440. The van der Waals surface area contributed by atoms with Crippen molar-refractivity contribution in [2.45, 2.75) is 52.6 Å². The Morgan fingerprint density at radius 2 is 1.79 bits per heavy atom. The number of aliphatic carboxylic acids is 1. The minimum atomic E-state index is -4.38. The summed E-state index contributed by atoms with van der Waals surface area (Å²) in [6, 6.07) is 12.4. The molecule has 10 heteroatoms. The number of carbonyl (C=O) groups is 1. The molecule has 0 radical (unpaired) electrons. The fraction of sp³-hybridized carbons (Fsp3) is 0.286. The number of aryl methyl sites for hydroxylation is 2. The highest BCUT2D eigenvalue weighted by Crippen LogP contribution is 2.38. The molecule has 0 aliphatic carbocycles. The normalized spacial score (nSPS) is 12.1. The second kappa shape index (κ2) is 10.6. The van der Waals surface area contributed by atoms with Crippen molar-refractivity contribution >= 4 is 17.3 Å². The zero-order valence-electron chi connectivity index (χ0n) is 21.3. The number of hydrogen-bond acceptors (Lipinski definition) is 6. The molecule has 2 N–H and O–H groups in total. The third-order valence-corrected chi connectivity index (χ3v) is 7.22. The fourth-order valence-electron chi connectivity index (χ4n) is 3.83. The molecule has 0 unspecified atom stereocenters. The maximum Gasteiger partial charge on any atom is 0.416 e. The van der Waals surface area contributed by atoms with E-state index in [4.69, 9.17) is 9.15 Å². The van der Waals surface area contributed by atoms with E-state index in [1.54, 1.807) is 12.3 Å². The Kier molecular flexibility index (Phi) is 7.66. The molecule has 0 amide bonds. The van der Waals surface area contributed by atoms with Crippen molar-refractivity contribution in [3.63, 3.8) is 0 Å². The van der Waals surface area contributed by atoms with Crippen LogP contribution in [-0.4, -0.2) is 21.7 Å². The van der Waals surface area contributed by atoms with Crippen LogP contribution in [0.25, 0.3) is 21.0 Å². The highest BCUT2D eigenvalue weighted by atomic mass is 32.1. The molecule has 6 nitrogen and oxygen atoms in total. The van der Waals surface area contributed by atoms with E-state index < -0.39 is 23.3 Å². The van der Waals surface area contributed by atoms with E-state index in [0.717, 1.165) is 45.2 Å². The minimum absolute atomic E-state index is 0.443. The third kappa shape index (κ3) is 6.08. The first kappa shape index (κ1) is 27.4. The van der Waals surface area contributed by atoms with Crippen molar-refractivity contribution in [2.75, 3.05) is 0 Å². The highest BCUT2D eigenvalue weighted by Gasteiger charge is 2.31. The third-order valence-electron chi connectivity index (χ3n) is 5.98. The van der Waals surface area contributed by atoms with Gasteiger partial charge in [0.05, 0.1) is 28.9 Å². The van der Waals surface area contributed by atoms with Gasteiger partial charge in [0.25, 0.3) is 0 Å². The van der Waals surface area contributed by atoms with Crippen LogP contribution in [0.1, 0.15) is 42.0 Å². The number of nitrogens with zero attached hydrogens (tertiary/aromatic N) is 1. The van der Waals surface area contributed by atoms with Gasteiger partial charge in [-0.05, 0) is 63.1 Å². The Hall–Kier alpha value is -3.63. The number of nitrogens with one attached hydrogen (secondary N) is 1. The van der Waals surface area contributed by atoms with Crippen molar-refractivity contribution in [1.82, 2.24) is 10.3 Å². The van der Waals surface area contributed by atoms with E-state index in [-0.39, 0.29) is 0 Å². The van der Waals surface area contributed by atoms with Gasteiger partial charge in [0.15, 0.2) is 5.60 Å². The smallest absolute Gasteiger partial charge is 0.416 e. The summed E-state index contributed by atoms with van der Waals surface area (Å²) in [6.45, 7) is 7.72. The van der Waals surface area contributed by atoms with Crippen LogP contribution in [0.15, 0.2) is 59.2 Å². The monoisotopic (exact) mass is 544 g/mol. The number of alkyl halides is 3. The molecular formula is C28H27F3N2O4S. The van der Waals surface area contributed by atoms with E-state index in [0.29, 0.717) is 29.4 Å². The summed E-state index contributed by atoms with van der Waals surface area (Å²) in [4.78, 5) is 16.8. The van der Waals surface area contributed by atoms with Crippen molar-refractivity contribution in [1.29, 1.82) is 0 Å². The molecule has 0 spiro atoms. The first-order chi connectivity index (χ1) is 17.8. The van der Waals surface area contributed by atoms with Gasteiger partial charge in [-0.1, -0.05) is 24.3 Å². The molecule has 0 bridgehead atoms. The van der Waals surface area contributed by atoms with Gasteiger partial charge in [0, 0.05) is 17.7 Å². The summed E-state index contributed by atoms with van der Waals surface area (Å²) in [5.74, 6) is 0.189. The number of furan rings is 1. The van der Waals surface area contributed by atoms with Gasteiger partial charge >= 0.3 is 12.1 Å². The van der Waals surface area contributed by atoms with E-state index >= 15 is 0 Å². The first-order valence-corrected chi connectivity index (χ1v) is 12.6. The van der Waals surface area contributed by atoms with E-state index in [2.05, 4.69) is 10.3 Å². The van der Waals surface area contributed by atoms with Crippen LogP contribution in [0.3, 0.4) is 0 Å². The molecule has 200 valence electrons. The van der Waals surface area contributed by atoms with Crippen LogP contribution in [0, 0.1) is 13.8 Å². The van der Waals surface area contributed by atoms with Crippen LogP contribution >= 0.6 is 11.3 Å². The predicted molar refractivity (Wildman–Crippen MR) is 139 cm³/mol. The molecule has 2 heterocycles. The van der Waals surface area contributed by atoms with Gasteiger partial charge in [-0.3, -0.25) is 0 Å². The summed E-state index contributed by atoms with van der Waals surface area (Å²) < 4.78 is 50.1. The number of aromatic nitrogens is 1. The SMILES string of the molecule is Cc1cc(CNCc2occc2-c2sc(-c3ccc(C(F)(F)F)cc3)nc2C)ccc1OC(C)(C)C(=O)O. The predicted octanol–water partition coefficient (Wildman–Crippen LogP) is 7.24. The lowest BCUT2D eigenvalue weighted by Gasteiger charge is -2.23. The van der Waals surface area contributed by atoms with E-state index in [9.17, 15) is 23.1 Å². The maximum absolute atomic E-state index is 12.9. The Balaban J connectivity index is 1.43. The Morgan fingerprint density at radius 3 is 2.42 bits per heavy atom. The molecule has 2 aromatic heterocycles. The Labute approximate surface area is 222 Å². The number of benzene rings is 2. The number of carboxylic acids is 1. The van der Waals surface area contributed by atoms with Crippen LogP contribution in [0.4, 0.5) is 13.2 Å². The van der Waals surface area contributed by atoms with Gasteiger partial charge in [0.2, 0.25) is 0 Å². The van der Waals surface area contributed by atoms with Gasteiger partial charge < -0.3 is 19.6 Å². The largest absolute Gasteiger partial charge is 0.478 e. The Morgan fingerprint density at radius 1 is 1.08 bits per heavy atom. The molecule has 4 rings (SSSR count). The number of carboxylic acid groups (broad SMARTS) is 1. The maximum atomic E-state index is 12.9. The molecule has 4 aromatic rings. The molecule has 0 aliphatic heterocycles. The number of hydrogen-bond donors (Lipinski definition) is 2. The summed E-state index contributed by atoms with van der Waals surface area (Å²) in [7, 11) is 0. The second-order valence-electron chi connectivity index (χ2n) is 9.39. The van der Waals surface area contributed by atoms with Crippen LogP contribution in [-0.2, 0) is 24.1 Å². The van der Waals surface area contributed by atoms with Gasteiger partial charge in [0.1, 0.15) is 16.5 Å². The standard InChI is InChI=1S/C28H27F3N2O4S/c1-16-13-18(5-10-22(16)37-27(3,4)26(34)35)14-32-15-23-21(11-12-36-23)24-17(2)33-25(38-24)19-6-8-20(9-7-19)28(29,30)31/h5-13,32H,14-15H2,1-4H3,(H,34,35). The number of halogens is 3. The van der Waals surface area contributed by atoms with Crippen LogP contribution < -0.4 is 10.1 Å². The van der Waals surface area contributed by atoms with Crippen molar-refractivity contribution < 1.29 is 32.2 Å². The van der Waals surface area contributed by atoms with E-state index in [1.807, 2.05) is 32.0 Å². The zero-order chi connectivity index (χ0) is 27.7. The topological polar surface area (TPSA) is 84.6 Å². The summed E-state index contributed by atoms with van der Waals surface area (Å²) in [5, 5.41) is 13.3. The minimum Gasteiger partial charge on any atom is -0.478 e. The molecule has 0 aliphatic rings. The fourth-order valence-corrected chi connectivity index (χ4v) is 4.94. The van der Waals surface area contributed by atoms with Crippen LogP contribution in [0.2, 0.25) is 0 Å². The van der Waals surface area contributed by atoms with Gasteiger partial charge in [-0.2, -0.15) is 13.2 Å². The van der Waals surface area contributed by atoms with Crippen LogP contribution in [0.5, 0.6) is 5.75 Å². The molecule has 0 saturated heterocycles. The van der Waals surface area contributed by atoms with Gasteiger partial charge in [-0.15, -0.1) is 11.3 Å². The second-order valence-corrected chi connectivity index (χ2v) is 10.4. The lowest BCUT2D eigenvalue weighted by molar-refractivity contribution is -0.152. The highest BCUT2D eigenvalue weighted by molar-refractivity contribution is 7.18. The zero-order valence-corrected chi connectivity index (χ0v) is 22.1. The summed E-state index contributed by atoms with van der Waals surface area (Å²) in [6.07, 6.45) is -2.78. The average molecular weight is 545 g/mol. The average Bonchev–Trinajstić information content (AvgIpc) is 3.46. The number of ether oxygens (including phenoxy) is 1.